The Morgan fingerprint density at radius 2 is 1.60 bits per heavy atom. The second-order valence-corrected chi connectivity index (χ2v) is 4.94. The SMILES string of the molecule is CC(C)CC(C)CCCC(C)OC(O)O. The third-order valence-electron chi connectivity index (χ3n) is 2.54. The van der Waals surface area contributed by atoms with Crippen molar-refractivity contribution in [1.29, 1.82) is 0 Å². The Morgan fingerprint density at radius 1 is 1.00 bits per heavy atom. The summed E-state index contributed by atoms with van der Waals surface area (Å²) in [7, 11) is 0. The molecule has 2 N–H and O–H groups in total. The van der Waals surface area contributed by atoms with Gasteiger partial charge in [0.1, 0.15) is 0 Å². The van der Waals surface area contributed by atoms with Crippen LogP contribution < -0.4 is 0 Å². The van der Waals surface area contributed by atoms with E-state index in [1.807, 2.05) is 6.92 Å². The molecule has 0 spiro atoms. The monoisotopic (exact) mass is 218 g/mol. The first-order valence-corrected chi connectivity index (χ1v) is 5.93. The molecule has 2 atom stereocenters. The second-order valence-electron chi connectivity index (χ2n) is 4.94. The number of aliphatic hydroxyl groups excluding tert-OH is 1. The van der Waals surface area contributed by atoms with E-state index in [0.29, 0.717) is 0 Å². The molecule has 0 saturated heterocycles. The van der Waals surface area contributed by atoms with Gasteiger partial charge in [-0.05, 0) is 31.6 Å². The van der Waals surface area contributed by atoms with E-state index >= 15 is 0 Å². The van der Waals surface area contributed by atoms with Gasteiger partial charge in [0.15, 0.2) is 0 Å². The molecule has 0 rings (SSSR count). The van der Waals surface area contributed by atoms with Crippen molar-refractivity contribution in [3.05, 3.63) is 0 Å². The van der Waals surface area contributed by atoms with Gasteiger partial charge in [0.25, 0.3) is 6.48 Å². The zero-order valence-corrected chi connectivity index (χ0v) is 10.4. The van der Waals surface area contributed by atoms with Crippen LogP contribution in [0.3, 0.4) is 0 Å². The minimum Gasteiger partial charge on any atom is -0.346 e. The lowest BCUT2D eigenvalue weighted by Crippen LogP contribution is -2.18. The van der Waals surface area contributed by atoms with Crippen molar-refractivity contribution in [3.8, 4) is 0 Å². The fourth-order valence-corrected chi connectivity index (χ4v) is 1.95. The van der Waals surface area contributed by atoms with Gasteiger partial charge in [0.05, 0.1) is 6.10 Å². The fourth-order valence-electron chi connectivity index (χ4n) is 1.95. The van der Waals surface area contributed by atoms with Crippen LogP contribution in [0.4, 0.5) is 0 Å². The molecular formula is C12H26O3. The molecule has 92 valence electrons. The number of ether oxygens (including phenoxy) is 1. The van der Waals surface area contributed by atoms with Crippen molar-refractivity contribution in [3.63, 3.8) is 0 Å². The van der Waals surface area contributed by atoms with E-state index < -0.39 is 6.48 Å². The standard InChI is InChI=1S/C12H26O3/c1-9(2)8-10(3)6-5-7-11(4)15-12(13)14/h9-14H,5-8H2,1-4H3. The number of aliphatic hydroxyl groups is 2. The molecule has 0 aliphatic heterocycles. The molecule has 0 aliphatic rings. The predicted octanol–water partition coefficient (Wildman–Crippen LogP) is 2.51. The van der Waals surface area contributed by atoms with Gasteiger partial charge in [-0.1, -0.05) is 33.6 Å². The maximum Gasteiger partial charge on any atom is 0.266 e. The summed E-state index contributed by atoms with van der Waals surface area (Å²) in [6.45, 7) is 6.99. The third-order valence-corrected chi connectivity index (χ3v) is 2.54. The normalized spacial score (nSPS) is 16.0. The average Bonchev–Trinajstić information content (AvgIpc) is 2.00. The summed E-state index contributed by atoms with van der Waals surface area (Å²) in [4.78, 5) is 0. The van der Waals surface area contributed by atoms with Crippen LogP contribution in [-0.4, -0.2) is 22.8 Å². The van der Waals surface area contributed by atoms with Gasteiger partial charge >= 0.3 is 0 Å². The molecule has 3 heteroatoms. The lowest BCUT2D eigenvalue weighted by Gasteiger charge is -2.16. The first-order valence-electron chi connectivity index (χ1n) is 5.93. The van der Waals surface area contributed by atoms with Gasteiger partial charge in [-0.15, -0.1) is 0 Å². The van der Waals surface area contributed by atoms with E-state index in [0.717, 1.165) is 24.7 Å². The van der Waals surface area contributed by atoms with Crippen molar-refractivity contribution >= 4 is 0 Å². The Kier molecular flexibility index (Phi) is 8.02. The smallest absolute Gasteiger partial charge is 0.266 e. The quantitative estimate of drug-likeness (QED) is 0.615. The molecule has 0 radical (unpaired) electrons. The Hall–Kier alpha value is -0.120. The maximum absolute atomic E-state index is 8.58. The molecule has 3 nitrogen and oxygen atoms in total. The topological polar surface area (TPSA) is 49.7 Å². The van der Waals surface area contributed by atoms with Gasteiger partial charge in [-0.3, -0.25) is 0 Å². The van der Waals surface area contributed by atoms with Crippen LogP contribution in [0.15, 0.2) is 0 Å². The summed E-state index contributed by atoms with van der Waals surface area (Å²) in [6, 6.07) is 0. The molecule has 2 unspecified atom stereocenters. The molecule has 0 aromatic rings. The minimum absolute atomic E-state index is 0.0729. The van der Waals surface area contributed by atoms with Gasteiger partial charge in [0, 0.05) is 0 Å². The van der Waals surface area contributed by atoms with Crippen molar-refractivity contribution in [2.75, 3.05) is 0 Å². The largest absolute Gasteiger partial charge is 0.346 e. The van der Waals surface area contributed by atoms with Crippen LogP contribution in [0.2, 0.25) is 0 Å². The zero-order chi connectivity index (χ0) is 11.8. The summed E-state index contributed by atoms with van der Waals surface area (Å²) in [6.07, 6.45) is 4.35. The van der Waals surface area contributed by atoms with E-state index in [4.69, 9.17) is 14.9 Å². The van der Waals surface area contributed by atoms with E-state index in [-0.39, 0.29) is 6.10 Å². The van der Waals surface area contributed by atoms with Crippen molar-refractivity contribution in [1.82, 2.24) is 0 Å². The highest BCUT2D eigenvalue weighted by Gasteiger charge is 2.09. The van der Waals surface area contributed by atoms with Crippen molar-refractivity contribution < 1.29 is 14.9 Å². The highest BCUT2D eigenvalue weighted by atomic mass is 16.7. The van der Waals surface area contributed by atoms with Crippen molar-refractivity contribution in [2.24, 2.45) is 11.8 Å². The van der Waals surface area contributed by atoms with Crippen LogP contribution in [0.1, 0.15) is 53.4 Å². The fraction of sp³-hybridized carbons (Fsp3) is 1.00. The van der Waals surface area contributed by atoms with E-state index in [1.165, 1.54) is 12.8 Å². The lowest BCUT2D eigenvalue weighted by molar-refractivity contribution is -0.253. The summed E-state index contributed by atoms with van der Waals surface area (Å²) in [5, 5.41) is 17.2. The molecule has 0 amide bonds. The van der Waals surface area contributed by atoms with Crippen molar-refractivity contribution in [2.45, 2.75) is 66.0 Å². The van der Waals surface area contributed by atoms with Crippen LogP contribution in [0.5, 0.6) is 0 Å². The molecule has 0 bridgehead atoms. The van der Waals surface area contributed by atoms with E-state index in [1.54, 1.807) is 0 Å². The summed E-state index contributed by atoms with van der Waals surface area (Å²) < 4.78 is 4.82. The van der Waals surface area contributed by atoms with Crippen LogP contribution in [0, 0.1) is 11.8 Å². The highest BCUT2D eigenvalue weighted by Crippen LogP contribution is 2.18. The second kappa shape index (κ2) is 8.08. The molecular weight excluding hydrogens is 192 g/mol. The first kappa shape index (κ1) is 14.9. The summed E-state index contributed by atoms with van der Waals surface area (Å²) >= 11 is 0. The number of hydrogen-bond acceptors (Lipinski definition) is 3. The third kappa shape index (κ3) is 10.2. The Morgan fingerprint density at radius 3 is 2.07 bits per heavy atom. The number of rotatable bonds is 8. The van der Waals surface area contributed by atoms with Gasteiger partial charge < -0.3 is 14.9 Å². The summed E-state index contributed by atoms with van der Waals surface area (Å²) in [5.74, 6) is 1.50. The molecule has 0 fully saturated rings. The van der Waals surface area contributed by atoms with Crippen LogP contribution in [-0.2, 0) is 4.74 Å². The Bertz CT molecular complexity index is 130. The van der Waals surface area contributed by atoms with E-state index in [2.05, 4.69) is 20.8 Å². The molecule has 15 heavy (non-hydrogen) atoms. The zero-order valence-electron chi connectivity index (χ0n) is 10.4. The van der Waals surface area contributed by atoms with Gasteiger partial charge in [-0.25, -0.2) is 0 Å². The molecule has 0 heterocycles. The van der Waals surface area contributed by atoms with Crippen LogP contribution in [0.25, 0.3) is 0 Å². The maximum atomic E-state index is 8.58. The van der Waals surface area contributed by atoms with E-state index in [9.17, 15) is 0 Å². The Balaban J connectivity index is 3.44. The number of hydrogen-bond donors (Lipinski definition) is 2. The molecule has 0 saturated carbocycles. The minimum atomic E-state index is -1.63. The van der Waals surface area contributed by atoms with Gasteiger partial charge in [-0.2, -0.15) is 0 Å². The first-order chi connectivity index (χ1) is 6.91. The van der Waals surface area contributed by atoms with Gasteiger partial charge in [0.2, 0.25) is 0 Å². The Labute approximate surface area is 93.5 Å². The highest BCUT2D eigenvalue weighted by molar-refractivity contribution is 4.58. The molecule has 0 aromatic carbocycles. The summed E-state index contributed by atoms with van der Waals surface area (Å²) in [5.41, 5.74) is 0. The lowest BCUT2D eigenvalue weighted by atomic mass is 9.93. The predicted molar refractivity (Wildman–Crippen MR) is 61.2 cm³/mol. The molecule has 0 aromatic heterocycles. The van der Waals surface area contributed by atoms with Crippen LogP contribution >= 0.6 is 0 Å². The molecule has 0 aliphatic carbocycles. The average molecular weight is 218 g/mol.